The molecule has 1 N–H and O–H groups in total. The van der Waals surface area contributed by atoms with Gasteiger partial charge in [0.2, 0.25) is 0 Å². The lowest BCUT2D eigenvalue weighted by Gasteiger charge is -2.25. The second-order valence-electron chi connectivity index (χ2n) is 29.7. The molecule has 0 spiro atoms. The molecule has 0 fully saturated rings. The van der Waals surface area contributed by atoms with Crippen molar-refractivity contribution in [1.82, 2.24) is 0 Å². The number of allylic oxidation sites excluding steroid dienone is 28. The van der Waals surface area contributed by atoms with E-state index in [1.807, 2.05) is 21.1 Å². The molecule has 0 amide bonds. The van der Waals surface area contributed by atoms with Gasteiger partial charge in [0, 0.05) is 12.8 Å². The third kappa shape index (κ3) is 85.8. The first-order valence-corrected chi connectivity index (χ1v) is 43.3. The highest BCUT2D eigenvalue weighted by Gasteiger charge is 2.25. The van der Waals surface area contributed by atoms with E-state index in [1.165, 1.54) is 199 Å². The van der Waals surface area contributed by atoms with Gasteiger partial charge < -0.3 is 28.5 Å². The van der Waals surface area contributed by atoms with Crippen LogP contribution in [-0.4, -0.2) is 87.4 Å². The molecule has 598 valence electrons. The molecule has 2 atom stereocenters. The Morgan fingerprint density at radius 3 is 0.762 bits per heavy atom. The van der Waals surface area contributed by atoms with Gasteiger partial charge in [-0.2, -0.15) is 0 Å². The summed E-state index contributed by atoms with van der Waals surface area (Å²) in [5, 5.41) is 9.79. The third-order valence-electron chi connectivity index (χ3n) is 18.5. The van der Waals surface area contributed by atoms with E-state index in [9.17, 15) is 19.5 Å². The molecule has 0 bridgehead atoms. The van der Waals surface area contributed by atoms with Gasteiger partial charge in [0.1, 0.15) is 13.2 Å². The molecule has 9 nitrogen and oxygen atoms in total. The van der Waals surface area contributed by atoms with Crippen molar-refractivity contribution >= 4 is 17.9 Å². The number of hydrogen-bond acceptors (Lipinski definition) is 7. The predicted molar refractivity (Wildman–Crippen MR) is 456 cm³/mol. The number of carboxylic acids is 1. The molecule has 0 radical (unpaired) electrons. The van der Waals surface area contributed by atoms with E-state index in [-0.39, 0.29) is 32.2 Å². The molecule has 0 aromatic rings. The first kappa shape index (κ1) is 99.7. The second-order valence-corrected chi connectivity index (χ2v) is 29.7. The average molecular weight is 1460 g/mol. The van der Waals surface area contributed by atoms with Crippen LogP contribution < -0.4 is 0 Å². The number of quaternary nitrogens is 1. The van der Waals surface area contributed by atoms with Crippen molar-refractivity contribution in [3.63, 3.8) is 0 Å². The van der Waals surface area contributed by atoms with Gasteiger partial charge in [0.05, 0.1) is 34.4 Å². The summed E-state index contributed by atoms with van der Waals surface area (Å²) in [5.74, 6) is -2.00. The number of ether oxygens (including phenoxy) is 4. The first-order valence-electron chi connectivity index (χ1n) is 43.3. The van der Waals surface area contributed by atoms with Crippen LogP contribution in [0.2, 0.25) is 0 Å². The fourth-order valence-electron chi connectivity index (χ4n) is 12.0. The van der Waals surface area contributed by atoms with Gasteiger partial charge in [0.15, 0.2) is 6.10 Å². The van der Waals surface area contributed by atoms with E-state index in [1.54, 1.807) is 0 Å². The highest BCUT2D eigenvalue weighted by molar-refractivity contribution is 5.71. The van der Waals surface area contributed by atoms with Crippen molar-refractivity contribution in [2.75, 3.05) is 47.5 Å². The number of rotatable bonds is 79. The maximum Gasteiger partial charge on any atom is 0.361 e. The Bertz CT molecular complexity index is 2350. The summed E-state index contributed by atoms with van der Waals surface area (Å²) in [6, 6.07) is 0. The number of unbranched alkanes of at least 4 members (excludes halogenated alkanes) is 36. The van der Waals surface area contributed by atoms with E-state index >= 15 is 0 Å². The highest BCUT2D eigenvalue weighted by Crippen LogP contribution is 2.19. The zero-order chi connectivity index (χ0) is 76.0. The molecule has 0 aromatic carbocycles. The van der Waals surface area contributed by atoms with Gasteiger partial charge in [-0.15, -0.1) is 0 Å². The van der Waals surface area contributed by atoms with Crippen LogP contribution in [0.3, 0.4) is 0 Å². The van der Waals surface area contributed by atoms with Crippen molar-refractivity contribution in [2.24, 2.45) is 0 Å². The zero-order valence-corrected chi connectivity index (χ0v) is 68.6. The summed E-state index contributed by atoms with van der Waals surface area (Å²) in [4.78, 5) is 37.8. The Morgan fingerprint density at radius 1 is 0.286 bits per heavy atom. The van der Waals surface area contributed by atoms with Gasteiger partial charge in [0.25, 0.3) is 6.29 Å². The number of carboxylic acid groups (broad SMARTS) is 1. The second kappa shape index (κ2) is 84.3. The Labute approximate surface area is 647 Å². The fourth-order valence-corrected chi connectivity index (χ4v) is 12.0. The minimum Gasteiger partial charge on any atom is -0.477 e. The van der Waals surface area contributed by atoms with Crippen LogP contribution in [0.5, 0.6) is 0 Å². The smallest absolute Gasteiger partial charge is 0.361 e. The third-order valence-corrected chi connectivity index (χ3v) is 18.5. The average Bonchev–Trinajstić information content (AvgIpc) is 1.97. The molecular weight excluding hydrogens is 1300 g/mol. The summed E-state index contributed by atoms with van der Waals surface area (Å²) in [6.45, 7) is 4.67. The molecule has 0 saturated heterocycles. The number of esters is 2. The Hall–Kier alpha value is -5.35. The molecule has 0 aliphatic rings. The van der Waals surface area contributed by atoms with E-state index < -0.39 is 24.3 Å². The van der Waals surface area contributed by atoms with E-state index in [0.717, 1.165) is 128 Å². The SMILES string of the molecule is CC/C=C\C/C=C\C/C=C\C/C=C\C/C=C\C/C=C\C/C=C\C/C=C\CCCCCCCCCCCCCCCCC(=O)OC(COC(=O)CCCCCCCCCCCCCCCCCCCCCCCC/C=C\C/C=C\C/C=C\C/C=C\C/C=C\C/C=C\CC)COC(OCC[N+](C)(C)C)C(=O)O. The normalized spacial score (nSPS) is 13.5. The summed E-state index contributed by atoms with van der Waals surface area (Å²) in [6.07, 6.45) is 124. The summed E-state index contributed by atoms with van der Waals surface area (Å²) >= 11 is 0. The van der Waals surface area contributed by atoms with Crippen LogP contribution in [0.15, 0.2) is 170 Å². The number of carbonyl (C=O) groups is 3. The van der Waals surface area contributed by atoms with Crippen molar-refractivity contribution in [3.8, 4) is 0 Å². The van der Waals surface area contributed by atoms with Crippen LogP contribution in [0.25, 0.3) is 0 Å². The van der Waals surface area contributed by atoms with E-state index in [0.29, 0.717) is 23.9 Å². The van der Waals surface area contributed by atoms with Crippen LogP contribution in [0.4, 0.5) is 0 Å². The summed E-state index contributed by atoms with van der Waals surface area (Å²) < 4.78 is 23.1. The molecular formula is C96H162NO8+. The molecule has 0 aromatic heterocycles. The molecule has 0 saturated carbocycles. The van der Waals surface area contributed by atoms with Crippen LogP contribution in [0.1, 0.15) is 361 Å². The molecule has 2 unspecified atom stereocenters. The predicted octanol–water partition coefficient (Wildman–Crippen LogP) is 28.5. The van der Waals surface area contributed by atoms with Crippen molar-refractivity contribution in [2.45, 2.75) is 373 Å². The van der Waals surface area contributed by atoms with Gasteiger partial charge in [-0.25, -0.2) is 4.79 Å². The van der Waals surface area contributed by atoms with E-state index in [2.05, 4.69) is 184 Å². The Morgan fingerprint density at radius 2 is 0.514 bits per heavy atom. The van der Waals surface area contributed by atoms with Gasteiger partial charge in [-0.3, -0.25) is 9.59 Å². The minimum atomic E-state index is -1.52. The molecule has 0 aliphatic carbocycles. The number of hydrogen-bond donors (Lipinski definition) is 1. The molecule has 0 heterocycles. The Kier molecular flexibility index (Phi) is 80.0. The van der Waals surface area contributed by atoms with Gasteiger partial charge >= 0.3 is 17.9 Å². The summed E-state index contributed by atoms with van der Waals surface area (Å²) in [5.41, 5.74) is 0. The van der Waals surface area contributed by atoms with Crippen molar-refractivity contribution in [1.29, 1.82) is 0 Å². The van der Waals surface area contributed by atoms with Crippen LogP contribution in [-0.2, 0) is 33.3 Å². The lowest BCUT2D eigenvalue weighted by Crippen LogP contribution is -2.40. The fraction of sp³-hybridized carbons (Fsp3) is 0.677. The molecule has 0 aliphatic heterocycles. The van der Waals surface area contributed by atoms with Crippen LogP contribution >= 0.6 is 0 Å². The monoisotopic (exact) mass is 1460 g/mol. The van der Waals surface area contributed by atoms with Gasteiger partial charge in [-0.1, -0.05) is 389 Å². The zero-order valence-electron chi connectivity index (χ0n) is 68.6. The quantitative estimate of drug-likeness (QED) is 0.0211. The highest BCUT2D eigenvalue weighted by atomic mass is 16.7. The maximum absolute atomic E-state index is 13.0. The van der Waals surface area contributed by atoms with Gasteiger partial charge in [-0.05, 0) is 128 Å². The van der Waals surface area contributed by atoms with Crippen molar-refractivity contribution in [3.05, 3.63) is 170 Å². The minimum absolute atomic E-state index is 0.183. The largest absolute Gasteiger partial charge is 0.477 e. The number of likely N-dealkylation sites (N-methyl/N-ethyl adjacent to an activating group) is 1. The standard InChI is InChI=1S/C96H161NO8/c1-6-8-10-12-14-16-18-20-22-24-26-28-30-32-34-36-38-40-42-44-46-47-49-50-52-54-56-58-60-62-64-66-68-70-72-74-76-78-80-82-84-86-93(98)103-90-92(91-104-96(95(100)101)102-89-88-97(3,4)5)105-94(99)87-85-83-81-79-77-75-73-71-69-67-65-63-61-59-57-55-53-51-48-45-43-41-39-37-35-33-31-29-27-25-23-21-19-17-15-13-11-9-7-2/h8-11,14-17,20-23,26-29,32-35,38-41,45,48,53,55,92,96H,6-7,12-13,18-19,24-25,30-31,36-37,42-44,46-47,49-52,54,56-91H2,1-5H3/p+1/b10-8-,11-9-,16-14-,17-15-,22-20-,23-21-,28-26-,29-27-,34-32-,35-33-,40-38-,41-39-,48-45-,55-53-. The first-order chi connectivity index (χ1) is 51.6. The number of carbonyl (C=O) groups excluding carboxylic acids is 2. The summed E-state index contributed by atoms with van der Waals surface area (Å²) in [7, 11) is 5.99. The molecule has 0 rings (SSSR count). The van der Waals surface area contributed by atoms with E-state index in [4.69, 9.17) is 18.9 Å². The van der Waals surface area contributed by atoms with Crippen LogP contribution in [0, 0.1) is 0 Å². The molecule has 9 heteroatoms. The lowest BCUT2D eigenvalue weighted by molar-refractivity contribution is -0.870. The lowest BCUT2D eigenvalue weighted by atomic mass is 10.0. The number of aliphatic carboxylic acids is 1. The van der Waals surface area contributed by atoms with Crippen molar-refractivity contribution < 1.29 is 42.9 Å². The maximum atomic E-state index is 13.0. The molecule has 105 heavy (non-hydrogen) atoms. The topological polar surface area (TPSA) is 108 Å². The Balaban J connectivity index is 4.00. The number of nitrogens with zero attached hydrogens (tertiary/aromatic N) is 1.